The topological polar surface area (TPSA) is 120 Å². The summed E-state index contributed by atoms with van der Waals surface area (Å²) in [6, 6.07) is 14.0. The Labute approximate surface area is 157 Å². The highest BCUT2D eigenvalue weighted by Gasteiger charge is 2.14. The van der Waals surface area contributed by atoms with E-state index in [9.17, 15) is 22.6 Å². The minimum atomic E-state index is -4.40. The number of aromatic nitrogens is 2. The predicted octanol–water partition coefficient (Wildman–Crippen LogP) is 2.92. The standard InChI is InChI=1S/C20H12N2O5S/c23-19-11-3-1-2-4-15(11)21-17-8-14-18(9-13(17)19)22-16-7-10(28(25,26)27)5-6-12(16)20(14)24/h1-9H,(H,21,23)(H,22,24)(H,25,26,27). The summed E-state index contributed by atoms with van der Waals surface area (Å²) in [5.74, 6) is 0. The molecule has 138 valence electrons. The van der Waals surface area contributed by atoms with E-state index >= 15 is 0 Å². The van der Waals surface area contributed by atoms with Gasteiger partial charge in [-0.3, -0.25) is 14.1 Å². The molecule has 0 saturated heterocycles. The summed E-state index contributed by atoms with van der Waals surface area (Å²) in [6.45, 7) is 0. The van der Waals surface area contributed by atoms with E-state index in [1.54, 1.807) is 30.3 Å². The fourth-order valence-electron chi connectivity index (χ4n) is 3.54. The zero-order chi connectivity index (χ0) is 19.6. The van der Waals surface area contributed by atoms with Crippen LogP contribution in [0.25, 0.3) is 43.6 Å². The molecule has 0 aliphatic heterocycles. The molecule has 3 N–H and O–H groups in total. The second-order valence-electron chi connectivity index (χ2n) is 6.58. The van der Waals surface area contributed by atoms with Gasteiger partial charge in [0.1, 0.15) is 0 Å². The van der Waals surface area contributed by atoms with E-state index in [1.165, 1.54) is 18.2 Å². The van der Waals surface area contributed by atoms with E-state index in [0.29, 0.717) is 32.7 Å². The van der Waals surface area contributed by atoms with Crippen LogP contribution in [0.4, 0.5) is 0 Å². The molecule has 0 saturated carbocycles. The monoisotopic (exact) mass is 392 g/mol. The first-order valence-electron chi connectivity index (χ1n) is 8.35. The van der Waals surface area contributed by atoms with Gasteiger partial charge in [0.25, 0.3) is 10.1 Å². The van der Waals surface area contributed by atoms with Gasteiger partial charge in [0, 0.05) is 27.1 Å². The molecule has 0 unspecified atom stereocenters. The molecule has 7 nitrogen and oxygen atoms in total. The van der Waals surface area contributed by atoms with Crippen molar-refractivity contribution in [2.45, 2.75) is 4.90 Å². The maximum atomic E-state index is 12.9. The lowest BCUT2D eigenvalue weighted by atomic mass is 10.1. The summed E-state index contributed by atoms with van der Waals surface area (Å²) in [7, 11) is -4.40. The van der Waals surface area contributed by atoms with Gasteiger partial charge in [0.2, 0.25) is 0 Å². The van der Waals surface area contributed by atoms with Crippen molar-refractivity contribution in [2.24, 2.45) is 0 Å². The lowest BCUT2D eigenvalue weighted by molar-refractivity contribution is 0.483. The van der Waals surface area contributed by atoms with Gasteiger partial charge in [-0.05, 0) is 42.5 Å². The highest BCUT2D eigenvalue weighted by atomic mass is 32.2. The van der Waals surface area contributed by atoms with Crippen LogP contribution in [0.2, 0.25) is 0 Å². The number of benzene rings is 3. The van der Waals surface area contributed by atoms with Crippen molar-refractivity contribution in [1.29, 1.82) is 0 Å². The van der Waals surface area contributed by atoms with Gasteiger partial charge in [-0.15, -0.1) is 0 Å². The van der Waals surface area contributed by atoms with Crippen LogP contribution < -0.4 is 10.9 Å². The second-order valence-corrected chi connectivity index (χ2v) is 8.00. The molecule has 2 heterocycles. The normalized spacial score (nSPS) is 12.3. The third-order valence-corrected chi connectivity index (χ3v) is 5.74. The predicted molar refractivity (Wildman–Crippen MR) is 108 cm³/mol. The van der Waals surface area contributed by atoms with Crippen LogP contribution >= 0.6 is 0 Å². The molecule has 0 amide bonds. The van der Waals surface area contributed by atoms with E-state index in [0.717, 1.165) is 0 Å². The molecule has 0 bridgehead atoms. The first-order valence-corrected chi connectivity index (χ1v) is 9.79. The van der Waals surface area contributed by atoms with Crippen molar-refractivity contribution in [3.8, 4) is 0 Å². The van der Waals surface area contributed by atoms with Crippen molar-refractivity contribution in [2.75, 3.05) is 0 Å². The Morgan fingerprint density at radius 2 is 1.18 bits per heavy atom. The average Bonchev–Trinajstić information content (AvgIpc) is 2.67. The molecule has 3 aromatic carbocycles. The third-order valence-electron chi connectivity index (χ3n) is 4.89. The molecule has 0 atom stereocenters. The lowest BCUT2D eigenvalue weighted by Crippen LogP contribution is -2.08. The first-order chi connectivity index (χ1) is 13.3. The highest BCUT2D eigenvalue weighted by Crippen LogP contribution is 2.22. The van der Waals surface area contributed by atoms with Crippen LogP contribution in [0.3, 0.4) is 0 Å². The van der Waals surface area contributed by atoms with E-state index in [1.807, 2.05) is 6.07 Å². The number of para-hydroxylation sites is 1. The zero-order valence-corrected chi connectivity index (χ0v) is 15.0. The van der Waals surface area contributed by atoms with Gasteiger partial charge in [-0.1, -0.05) is 12.1 Å². The largest absolute Gasteiger partial charge is 0.354 e. The molecule has 2 aromatic heterocycles. The molecule has 28 heavy (non-hydrogen) atoms. The van der Waals surface area contributed by atoms with Crippen molar-refractivity contribution in [1.82, 2.24) is 9.97 Å². The molecule has 0 aliphatic rings. The summed E-state index contributed by atoms with van der Waals surface area (Å²) in [5.41, 5.74) is 1.40. The van der Waals surface area contributed by atoms with Crippen LogP contribution in [-0.2, 0) is 10.1 Å². The van der Waals surface area contributed by atoms with Gasteiger partial charge in [0.05, 0.1) is 21.4 Å². The van der Waals surface area contributed by atoms with Crippen LogP contribution in [0.1, 0.15) is 0 Å². The Balaban J connectivity index is 1.95. The van der Waals surface area contributed by atoms with Gasteiger partial charge in [0.15, 0.2) is 10.9 Å². The van der Waals surface area contributed by atoms with Crippen molar-refractivity contribution < 1.29 is 13.0 Å². The third kappa shape index (κ3) is 2.35. The van der Waals surface area contributed by atoms with Crippen LogP contribution in [-0.4, -0.2) is 22.9 Å². The molecule has 8 heteroatoms. The molecular formula is C20H12N2O5S. The number of hydrogen-bond acceptors (Lipinski definition) is 4. The first kappa shape index (κ1) is 16.7. The number of aromatic amines is 2. The highest BCUT2D eigenvalue weighted by molar-refractivity contribution is 7.85. The van der Waals surface area contributed by atoms with Crippen molar-refractivity contribution in [3.05, 3.63) is 75.0 Å². The fraction of sp³-hybridized carbons (Fsp3) is 0. The van der Waals surface area contributed by atoms with Crippen molar-refractivity contribution in [3.63, 3.8) is 0 Å². The second kappa shape index (κ2) is 5.51. The summed E-state index contributed by atoms with van der Waals surface area (Å²) >= 11 is 0. The number of hydrogen-bond donors (Lipinski definition) is 3. The fourth-order valence-corrected chi connectivity index (χ4v) is 4.04. The molecular weight excluding hydrogens is 380 g/mol. The molecule has 0 aliphatic carbocycles. The SMILES string of the molecule is O=c1c2ccccc2[nH]c2cc3c(=O)c4ccc(S(=O)(=O)O)cc4[nH]c3cc12. The average molecular weight is 392 g/mol. The Morgan fingerprint density at radius 3 is 1.82 bits per heavy atom. The zero-order valence-electron chi connectivity index (χ0n) is 14.2. The summed E-state index contributed by atoms with van der Waals surface area (Å²) in [4.78, 5) is 31.6. The molecule has 0 radical (unpaired) electrons. The van der Waals surface area contributed by atoms with Gasteiger partial charge in [-0.25, -0.2) is 0 Å². The molecule has 5 rings (SSSR count). The molecule has 0 fully saturated rings. The number of nitrogens with one attached hydrogen (secondary N) is 2. The van der Waals surface area contributed by atoms with E-state index < -0.39 is 10.1 Å². The maximum Gasteiger partial charge on any atom is 0.294 e. The van der Waals surface area contributed by atoms with E-state index in [4.69, 9.17) is 0 Å². The van der Waals surface area contributed by atoms with Crippen molar-refractivity contribution >= 4 is 53.7 Å². The van der Waals surface area contributed by atoms with Gasteiger partial charge in [-0.2, -0.15) is 8.42 Å². The molecule has 0 spiro atoms. The summed E-state index contributed by atoms with van der Waals surface area (Å²) < 4.78 is 32.0. The molecule has 5 aromatic rings. The number of rotatable bonds is 1. The number of H-pyrrole nitrogens is 2. The number of fused-ring (bicyclic) bond motifs is 4. The summed E-state index contributed by atoms with van der Waals surface area (Å²) in [5, 5.41) is 1.59. The number of pyridine rings is 2. The lowest BCUT2D eigenvalue weighted by Gasteiger charge is -2.07. The minimum absolute atomic E-state index is 0.168. The van der Waals surface area contributed by atoms with Crippen LogP contribution in [0, 0.1) is 0 Å². The Hall–Kier alpha value is -3.49. The summed E-state index contributed by atoms with van der Waals surface area (Å²) in [6.07, 6.45) is 0. The quantitative estimate of drug-likeness (QED) is 0.299. The minimum Gasteiger partial charge on any atom is -0.354 e. The maximum absolute atomic E-state index is 12.9. The Morgan fingerprint density at radius 1 is 0.643 bits per heavy atom. The Kier molecular flexibility index (Phi) is 3.28. The van der Waals surface area contributed by atoms with Crippen LogP contribution in [0.15, 0.2) is 69.1 Å². The smallest absolute Gasteiger partial charge is 0.294 e. The Bertz CT molecular complexity index is 1680. The van der Waals surface area contributed by atoms with E-state index in [-0.39, 0.29) is 26.7 Å². The van der Waals surface area contributed by atoms with Gasteiger partial charge >= 0.3 is 0 Å². The van der Waals surface area contributed by atoms with Gasteiger partial charge < -0.3 is 9.97 Å². The van der Waals surface area contributed by atoms with E-state index in [2.05, 4.69) is 9.97 Å². The van der Waals surface area contributed by atoms with Crippen LogP contribution in [0.5, 0.6) is 0 Å².